The van der Waals surface area contributed by atoms with Crippen LogP contribution in [0.2, 0.25) is 0 Å². The van der Waals surface area contributed by atoms with Gasteiger partial charge < -0.3 is 25.1 Å². The van der Waals surface area contributed by atoms with E-state index in [1.54, 1.807) is 30.3 Å². The zero-order chi connectivity index (χ0) is 16.1. The first-order valence-electron chi connectivity index (χ1n) is 7.28. The highest BCUT2D eigenvalue weighted by molar-refractivity contribution is 6.04. The van der Waals surface area contributed by atoms with Crippen molar-refractivity contribution in [2.75, 3.05) is 30.4 Å². The Morgan fingerprint density at radius 2 is 1.96 bits per heavy atom. The molecule has 1 fully saturated rings. The van der Waals surface area contributed by atoms with Gasteiger partial charge in [-0.1, -0.05) is 6.07 Å². The van der Waals surface area contributed by atoms with Crippen LogP contribution < -0.4 is 16.0 Å². The van der Waals surface area contributed by atoms with E-state index < -0.39 is 0 Å². The first-order valence-corrected chi connectivity index (χ1v) is 7.28. The minimum atomic E-state index is -0.368. The fourth-order valence-electron chi connectivity index (χ4n) is 2.23. The SMILES string of the molecule is Cl.O=C(Nc1cccc(NC(=O)C2COCCN2)c1)c1ccoc1. The molecule has 24 heavy (non-hydrogen) atoms. The molecule has 0 spiro atoms. The van der Waals surface area contributed by atoms with E-state index in [0.717, 1.165) is 0 Å². The van der Waals surface area contributed by atoms with Gasteiger partial charge >= 0.3 is 0 Å². The van der Waals surface area contributed by atoms with E-state index in [2.05, 4.69) is 16.0 Å². The van der Waals surface area contributed by atoms with Gasteiger partial charge in [-0.15, -0.1) is 12.4 Å². The molecule has 2 heterocycles. The van der Waals surface area contributed by atoms with Gasteiger partial charge in [-0.05, 0) is 24.3 Å². The molecule has 0 saturated carbocycles. The highest BCUT2D eigenvalue weighted by atomic mass is 35.5. The molecule has 1 aliphatic rings. The van der Waals surface area contributed by atoms with Crippen molar-refractivity contribution >= 4 is 35.6 Å². The van der Waals surface area contributed by atoms with Gasteiger partial charge in [0.2, 0.25) is 5.91 Å². The second-order valence-electron chi connectivity index (χ2n) is 5.12. The number of ether oxygens (including phenoxy) is 1. The number of carbonyl (C=O) groups excluding carboxylic acids is 2. The van der Waals surface area contributed by atoms with Gasteiger partial charge in [0.05, 0.1) is 25.0 Å². The Labute approximate surface area is 145 Å². The van der Waals surface area contributed by atoms with Crippen molar-refractivity contribution in [1.29, 1.82) is 0 Å². The first kappa shape index (κ1) is 18.0. The van der Waals surface area contributed by atoms with E-state index in [1.807, 2.05) is 0 Å². The van der Waals surface area contributed by atoms with E-state index in [9.17, 15) is 9.59 Å². The summed E-state index contributed by atoms with van der Waals surface area (Å²) in [6.07, 6.45) is 2.81. The molecular formula is C16H18ClN3O4. The molecule has 128 valence electrons. The molecule has 1 unspecified atom stereocenters. The number of nitrogens with one attached hydrogen (secondary N) is 3. The maximum absolute atomic E-state index is 12.1. The summed E-state index contributed by atoms with van der Waals surface area (Å²) in [5.41, 5.74) is 1.62. The predicted octanol–water partition coefficient (Wildman–Crippen LogP) is 1.88. The Kier molecular flexibility index (Phi) is 6.36. The van der Waals surface area contributed by atoms with Crippen molar-refractivity contribution in [3.05, 3.63) is 48.4 Å². The van der Waals surface area contributed by atoms with Crippen LogP contribution in [0.1, 0.15) is 10.4 Å². The second-order valence-corrected chi connectivity index (χ2v) is 5.12. The maximum atomic E-state index is 12.1. The summed E-state index contributed by atoms with van der Waals surface area (Å²) in [5, 5.41) is 8.64. The number of hydrogen-bond donors (Lipinski definition) is 3. The zero-order valence-corrected chi connectivity index (χ0v) is 13.6. The third-order valence-electron chi connectivity index (χ3n) is 3.41. The smallest absolute Gasteiger partial charge is 0.258 e. The summed E-state index contributed by atoms with van der Waals surface area (Å²) < 4.78 is 10.1. The number of carbonyl (C=O) groups is 2. The molecule has 2 aromatic rings. The molecule has 1 atom stereocenters. The van der Waals surface area contributed by atoms with Gasteiger partial charge in [-0.2, -0.15) is 0 Å². The number of benzene rings is 1. The summed E-state index contributed by atoms with van der Waals surface area (Å²) in [6, 6.07) is 8.17. The lowest BCUT2D eigenvalue weighted by Crippen LogP contribution is -2.48. The van der Waals surface area contributed by atoms with Crippen LogP contribution in [-0.4, -0.2) is 37.6 Å². The highest BCUT2D eigenvalue weighted by Crippen LogP contribution is 2.16. The quantitative estimate of drug-likeness (QED) is 0.782. The summed E-state index contributed by atoms with van der Waals surface area (Å²) in [7, 11) is 0. The third-order valence-corrected chi connectivity index (χ3v) is 3.41. The lowest BCUT2D eigenvalue weighted by molar-refractivity contribution is -0.120. The molecule has 0 aliphatic carbocycles. The molecule has 0 bridgehead atoms. The Morgan fingerprint density at radius 1 is 1.17 bits per heavy atom. The van der Waals surface area contributed by atoms with Crippen molar-refractivity contribution in [3.63, 3.8) is 0 Å². The van der Waals surface area contributed by atoms with Crippen LogP contribution in [-0.2, 0) is 9.53 Å². The molecule has 8 heteroatoms. The van der Waals surface area contributed by atoms with Gasteiger partial charge in [0, 0.05) is 17.9 Å². The molecule has 3 N–H and O–H groups in total. The largest absolute Gasteiger partial charge is 0.472 e. The summed E-state index contributed by atoms with van der Waals surface area (Å²) in [5.74, 6) is -0.437. The number of hydrogen-bond acceptors (Lipinski definition) is 5. The van der Waals surface area contributed by atoms with E-state index >= 15 is 0 Å². The molecule has 1 aromatic heterocycles. The average molecular weight is 352 g/mol. The summed E-state index contributed by atoms with van der Waals surface area (Å²) in [6.45, 7) is 1.61. The normalized spacial score (nSPS) is 16.8. The molecule has 7 nitrogen and oxygen atoms in total. The fraction of sp³-hybridized carbons (Fsp3) is 0.250. The van der Waals surface area contributed by atoms with Crippen LogP contribution in [0.4, 0.5) is 11.4 Å². The number of furan rings is 1. The summed E-state index contributed by atoms with van der Waals surface area (Å²) >= 11 is 0. The lowest BCUT2D eigenvalue weighted by atomic mass is 10.2. The van der Waals surface area contributed by atoms with Gasteiger partial charge in [0.15, 0.2) is 0 Å². The lowest BCUT2D eigenvalue weighted by Gasteiger charge is -2.23. The van der Waals surface area contributed by atoms with Gasteiger partial charge in [0.25, 0.3) is 5.91 Å². The van der Waals surface area contributed by atoms with Crippen molar-refractivity contribution < 1.29 is 18.7 Å². The number of morpholine rings is 1. The van der Waals surface area contributed by atoms with Crippen LogP contribution in [0.5, 0.6) is 0 Å². The van der Waals surface area contributed by atoms with Crippen LogP contribution >= 0.6 is 12.4 Å². The van der Waals surface area contributed by atoms with Crippen molar-refractivity contribution in [2.24, 2.45) is 0 Å². The molecule has 1 saturated heterocycles. The zero-order valence-electron chi connectivity index (χ0n) is 12.8. The van der Waals surface area contributed by atoms with E-state index in [-0.39, 0.29) is 30.3 Å². The molecule has 0 radical (unpaired) electrons. The van der Waals surface area contributed by atoms with Crippen LogP contribution in [0.3, 0.4) is 0 Å². The monoisotopic (exact) mass is 351 g/mol. The number of rotatable bonds is 4. The van der Waals surface area contributed by atoms with Crippen molar-refractivity contribution in [3.8, 4) is 0 Å². The minimum Gasteiger partial charge on any atom is -0.472 e. The second kappa shape index (κ2) is 8.49. The Bertz CT molecular complexity index is 684. The topological polar surface area (TPSA) is 92.6 Å². The van der Waals surface area contributed by atoms with Crippen LogP contribution in [0.25, 0.3) is 0 Å². The standard InChI is InChI=1S/C16H17N3O4.ClH/c20-15(11-4-6-22-9-11)18-12-2-1-3-13(8-12)19-16(21)14-10-23-7-5-17-14;/h1-4,6,8-9,14,17H,5,7,10H2,(H,18,20)(H,19,21);1H. The molecule has 1 aliphatic heterocycles. The Hall–Kier alpha value is -2.35. The summed E-state index contributed by atoms with van der Waals surface area (Å²) in [4.78, 5) is 24.1. The van der Waals surface area contributed by atoms with E-state index in [0.29, 0.717) is 36.7 Å². The maximum Gasteiger partial charge on any atom is 0.258 e. The predicted molar refractivity (Wildman–Crippen MR) is 91.6 cm³/mol. The van der Waals surface area contributed by atoms with Crippen LogP contribution in [0, 0.1) is 0 Å². The van der Waals surface area contributed by atoms with Gasteiger partial charge in [0.1, 0.15) is 12.3 Å². The molecule has 2 amide bonds. The van der Waals surface area contributed by atoms with E-state index in [4.69, 9.17) is 9.15 Å². The molecular weight excluding hydrogens is 334 g/mol. The Balaban J connectivity index is 0.00000208. The molecule has 3 rings (SSSR count). The third kappa shape index (κ3) is 4.58. The van der Waals surface area contributed by atoms with Crippen molar-refractivity contribution in [2.45, 2.75) is 6.04 Å². The van der Waals surface area contributed by atoms with E-state index in [1.165, 1.54) is 12.5 Å². The molecule has 1 aromatic carbocycles. The highest BCUT2D eigenvalue weighted by Gasteiger charge is 2.21. The Morgan fingerprint density at radius 3 is 2.62 bits per heavy atom. The minimum absolute atomic E-state index is 0. The van der Waals surface area contributed by atoms with Crippen LogP contribution in [0.15, 0.2) is 47.3 Å². The van der Waals surface area contributed by atoms with Gasteiger partial charge in [-0.3, -0.25) is 9.59 Å². The number of anilines is 2. The van der Waals surface area contributed by atoms with Gasteiger partial charge in [-0.25, -0.2) is 0 Å². The average Bonchev–Trinajstić information content (AvgIpc) is 3.10. The fourth-order valence-corrected chi connectivity index (χ4v) is 2.23. The number of halogens is 1. The van der Waals surface area contributed by atoms with Crippen molar-refractivity contribution in [1.82, 2.24) is 5.32 Å². The number of amides is 2. The first-order chi connectivity index (χ1) is 11.2.